The average molecular weight is 521 g/mol. The fourth-order valence-electron chi connectivity index (χ4n) is 3.88. The highest BCUT2D eigenvalue weighted by molar-refractivity contribution is 7.86. The van der Waals surface area contributed by atoms with Crippen molar-refractivity contribution < 1.29 is 17.9 Å². The predicted molar refractivity (Wildman–Crippen MR) is 128 cm³/mol. The summed E-state index contributed by atoms with van der Waals surface area (Å²) in [6.07, 6.45) is 1.91. The number of carbonyl (C=O) groups is 1. The van der Waals surface area contributed by atoms with E-state index in [0.717, 1.165) is 16.8 Å². The van der Waals surface area contributed by atoms with Crippen LogP contribution < -0.4 is 20.1 Å². The van der Waals surface area contributed by atoms with Crippen molar-refractivity contribution in [2.75, 3.05) is 23.5 Å². The number of amides is 1. The molecule has 2 aliphatic heterocycles. The Bertz CT molecular complexity index is 1400. The third kappa shape index (κ3) is 4.28. The fraction of sp³-hybridized carbons (Fsp3) is 0.190. The molecule has 3 aromatic rings. The van der Waals surface area contributed by atoms with Crippen LogP contribution in [0.3, 0.4) is 0 Å². The van der Waals surface area contributed by atoms with Gasteiger partial charge in [0.15, 0.2) is 6.73 Å². The smallest absolute Gasteiger partial charge is 0.277 e. The van der Waals surface area contributed by atoms with Crippen LogP contribution in [0, 0.1) is 0 Å². The van der Waals surface area contributed by atoms with Crippen LogP contribution in [0.1, 0.15) is 21.5 Å². The summed E-state index contributed by atoms with van der Waals surface area (Å²) in [5.41, 5.74) is 3.14. The molecule has 1 amide bonds. The number of benzene rings is 2. The van der Waals surface area contributed by atoms with Crippen molar-refractivity contribution in [3.63, 3.8) is 0 Å². The highest BCUT2D eigenvalue weighted by Crippen LogP contribution is 2.37. The molecule has 0 fully saturated rings. The number of aromatic nitrogens is 2. The van der Waals surface area contributed by atoms with Crippen LogP contribution in [-0.4, -0.2) is 41.9 Å². The highest BCUT2D eigenvalue weighted by atomic mass is 35.5. The Balaban J connectivity index is 1.35. The van der Waals surface area contributed by atoms with E-state index in [-0.39, 0.29) is 36.6 Å². The standard InChI is InChI=1S/C21H18Cl2N6O4S/c22-16-2-1-3-17(23)18(16)29-11-33-19-15(20(29)30)9-25-21(27-19)26-14-5-4-13-10-28(34(24,31)32)7-6-12(13)8-14/h1-5,8-9H,6-7,10-11H2,(H2,24,31,32)(H,25,26,27). The number of anilines is 3. The molecule has 3 heterocycles. The van der Waals surface area contributed by atoms with Gasteiger partial charge in [-0.25, -0.2) is 10.1 Å². The molecule has 34 heavy (non-hydrogen) atoms. The van der Waals surface area contributed by atoms with E-state index in [0.29, 0.717) is 28.7 Å². The van der Waals surface area contributed by atoms with Gasteiger partial charge in [-0.1, -0.05) is 35.3 Å². The maximum atomic E-state index is 13.0. The van der Waals surface area contributed by atoms with Gasteiger partial charge in [-0.05, 0) is 41.8 Å². The summed E-state index contributed by atoms with van der Waals surface area (Å²) in [6.45, 7) is 0.434. The first kappa shape index (κ1) is 22.8. The zero-order chi connectivity index (χ0) is 24.0. The second-order valence-electron chi connectivity index (χ2n) is 7.73. The lowest BCUT2D eigenvalue weighted by Crippen LogP contribution is -2.40. The van der Waals surface area contributed by atoms with E-state index in [1.54, 1.807) is 24.3 Å². The van der Waals surface area contributed by atoms with Crippen molar-refractivity contribution in [2.45, 2.75) is 13.0 Å². The molecule has 10 nitrogen and oxygen atoms in total. The van der Waals surface area contributed by atoms with Crippen molar-refractivity contribution in [1.82, 2.24) is 14.3 Å². The lowest BCUT2D eigenvalue weighted by atomic mass is 10.0. The lowest BCUT2D eigenvalue weighted by Gasteiger charge is -2.29. The quantitative estimate of drug-likeness (QED) is 0.540. The number of nitrogens with one attached hydrogen (secondary N) is 1. The van der Waals surface area contributed by atoms with Crippen LogP contribution in [0.2, 0.25) is 10.0 Å². The van der Waals surface area contributed by atoms with Crippen LogP contribution in [0.4, 0.5) is 17.3 Å². The largest absolute Gasteiger partial charge is 0.455 e. The highest BCUT2D eigenvalue weighted by Gasteiger charge is 2.31. The minimum Gasteiger partial charge on any atom is -0.455 e. The molecule has 0 aliphatic carbocycles. The molecule has 5 rings (SSSR count). The van der Waals surface area contributed by atoms with E-state index in [2.05, 4.69) is 15.3 Å². The van der Waals surface area contributed by atoms with Crippen LogP contribution >= 0.6 is 23.2 Å². The number of para-hydroxylation sites is 1. The van der Waals surface area contributed by atoms with E-state index in [1.165, 1.54) is 15.4 Å². The van der Waals surface area contributed by atoms with Crippen molar-refractivity contribution in [3.8, 4) is 5.88 Å². The van der Waals surface area contributed by atoms with Gasteiger partial charge >= 0.3 is 0 Å². The predicted octanol–water partition coefficient (Wildman–Crippen LogP) is 3.09. The zero-order valence-electron chi connectivity index (χ0n) is 17.5. The summed E-state index contributed by atoms with van der Waals surface area (Å²) in [5.74, 6) is 0.0115. The van der Waals surface area contributed by atoms with Gasteiger partial charge in [-0.3, -0.25) is 9.69 Å². The fourth-order valence-corrected chi connectivity index (χ4v) is 5.14. The monoisotopic (exact) mass is 520 g/mol. The first-order chi connectivity index (χ1) is 16.2. The van der Waals surface area contributed by atoms with Gasteiger partial charge < -0.3 is 10.1 Å². The molecule has 0 bridgehead atoms. The molecule has 1 aromatic heterocycles. The molecule has 2 aliphatic rings. The van der Waals surface area contributed by atoms with Crippen molar-refractivity contribution in [2.24, 2.45) is 5.14 Å². The Morgan fingerprint density at radius 3 is 2.62 bits per heavy atom. The first-order valence-corrected chi connectivity index (χ1v) is 12.4. The van der Waals surface area contributed by atoms with E-state index in [1.807, 2.05) is 12.1 Å². The van der Waals surface area contributed by atoms with Gasteiger partial charge in [0, 0.05) is 25.0 Å². The number of hydrogen-bond acceptors (Lipinski definition) is 7. The Hall–Kier alpha value is -2.96. The molecule has 3 N–H and O–H groups in total. The average Bonchev–Trinajstić information content (AvgIpc) is 2.79. The van der Waals surface area contributed by atoms with Gasteiger partial charge in [0.1, 0.15) is 5.56 Å². The number of nitrogens with two attached hydrogens (primary N) is 1. The van der Waals surface area contributed by atoms with Crippen LogP contribution in [0.25, 0.3) is 0 Å². The number of rotatable bonds is 4. The second kappa shape index (κ2) is 8.67. The Morgan fingerprint density at radius 2 is 1.88 bits per heavy atom. The summed E-state index contributed by atoms with van der Waals surface area (Å²) in [7, 11) is -3.73. The second-order valence-corrected chi connectivity index (χ2v) is 10.1. The third-order valence-corrected chi connectivity index (χ3v) is 7.21. The Morgan fingerprint density at radius 1 is 1.12 bits per heavy atom. The number of nitrogens with zero attached hydrogens (tertiary/aromatic N) is 4. The van der Waals surface area contributed by atoms with Gasteiger partial charge in [0.25, 0.3) is 16.1 Å². The van der Waals surface area contributed by atoms with Crippen molar-refractivity contribution in [1.29, 1.82) is 0 Å². The number of fused-ring (bicyclic) bond motifs is 2. The van der Waals surface area contributed by atoms with Crippen LogP contribution in [-0.2, 0) is 23.2 Å². The number of halogens is 2. The summed E-state index contributed by atoms with van der Waals surface area (Å²) in [4.78, 5) is 22.9. The minimum atomic E-state index is -3.73. The maximum absolute atomic E-state index is 13.0. The molecule has 0 saturated heterocycles. The number of hydrogen-bond donors (Lipinski definition) is 2. The van der Waals surface area contributed by atoms with Crippen molar-refractivity contribution in [3.05, 3.63) is 69.3 Å². The number of carbonyl (C=O) groups excluding carboxylic acids is 1. The molecule has 0 atom stereocenters. The third-order valence-electron chi connectivity index (χ3n) is 5.57. The lowest BCUT2D eigenvalue weighted by molar-refractivity contribution is 0.0932. The molecule has 0 saturated carbocycles. The van der Waals surface area contributed by atoms with E-state index in [4.69, 9.17) is 33.1 Å². The van der Waals surface area contributed by atoms with Crippen molar-refractivity contribution >= 4 is 56.6 Å². The first-order valence-electron chi connectivity index (χ1n) is 10.1. The molecule has 0 radical (unpaired) electrons. The van der Waals surface area contributed by atoms with Gasteiger partial charge in [0.2, 0.25) is 11.8 Å². The molecule has 13 heteroatoms. The van der Waals surface area contributed by atoms with E-state index in [9.17, 15) is 13.2 Å². The van der Waals surface area contributed by atoms with E-state index >= 15 is 0 Å². The molecule has 2 aromatic carbocycles. The zero-order valence-corrected chi connectivity index (χ0v) is 19.9. The Labute approximate surface area is 205 Å². The maximum Gasteiger partial charge on any atom is 0.277 e. The normalized spacial score (nSPS) is 16.0. The van der Waals surface area contributed by atoms with E-state index < -0.39 is 10.2 Å². The van der Waals surface area contributed by atoms with Gasteiger partial charge in [-0.2, -0.15) is 17.7 Å². The Kier molecular flexibility index (Phi) is 5.82. The summed E-state index contributed by atoms with van der Waals surface area (Å²) >= 11 is 12.5. The molecule has 176 valence electrons. The van der Waals surface area contributed by atoms with Crippen LogP contribution in [0.15, 0.2) is 42.6 Å². The molecular weight excluding hydrogens is 503 g/mol. The summed E-state index contributed by atoms with van der Waals surface area (Å²) in [5, 5.41) is 8.99. The minimum absolute atomic E-state index is 0.106. The summed E-state index contributed by atoms with van der Waals surface area (Å²) in [6, 6.07) is 10.5. The molecule has 0 unspecified atom stereocenters. The molecular formula is C21H18Cl2N6O4S. The number of ether oxygens (including phenoxy) is 1. The van der Waals surface area contributed by atoms with Gasteiger partial charge in [0.05, 0.1) is 15.7 Å². The molecule has 0 spiro atoms. The van der Waals surface area contributed by atoms with Gasteiger partial charge in [-0.15, -0.1) is 0 Å². The van der Waals surface area contributed by atoms with Crippen LogP contribution in [0.5, 0.6) is 5.88 Å². The summed E-state index contributed by atoms with van der Waals surface area (Å²) < 4.78 is 30.1. The topological polar surface area (TPSA) is 131 Å². The SMILES string of the molecule is NS(=O)(=O)N1CCc2cc(Nc3ncc4c(n3)OCN(c3c(Cl)cccc3Cl)C4=O)ccc2C1.